The molecule has 1 amide bonds. The molecule has 0 aromatic heterocycles. The molecule has 2 rings (SSSR count). The molecule has 1 aromatic rings. The molecule has 0 spiro atoms. The van der Waals surface area contributed by atoms with Crippen LogP contribution >= 0.6 is 0 Å². The zero-order valence-electron chi connectivity index (χ0n) is 13.8. The molecule has 0 atom stereocenters. The lowest BCUT2D eigenvalue weighted by atomic mass is 10.2. The van der Waals surface area contributed by atoms with E-state index in [1.165, 1.54) is 10.6 Å². The molecule has 0 N–H and O–H groups in total. The third kappa shape index (κ3) is 5.21. The first kappa shape index (κ1) is 17.7. The van der Waals surface area contributed by atoms with Crippen LogP contribution in [0.1, 0.15) is 12.8 Å². The van der Waals surface area contributed by atoms with E-state index >= 15 is 0 Å². The zero-order chi connectivity index (χ0) is 16.9. The third-order valence-corrected chi connectivity index (χ3v) is 5.25. The predicted molar refractivity (Wildman–Crippen MR) is 91.9 cm³/mol. The maximum Gasteiger partial charge on any atom is 0.232 e. The van der Waals surface area contributed by atoms with E-state index in [4.69, 9.17) is 0 Å². The lowest BCUT2D eigenvalue weighted by molar-refractivity contribution is -0.132. The van der Waals surface area contributed by atoms with Gasteiger partial charge < -0.3 is 9.80 Å². The average molecular weight is 339 g/mol. The molecule has 0 aliphatic carbocycles. The Morgan fingerprint density at radius 2 is 1.74 bits per heavy atom. The summed E-state index contributed by atoms with van der Waals surface area (Å²) in [5.41, 5.74) is 0.641. The van der Waals surface area contributed by atoms with Gasteiger partial charge in [-0.1, -0.05) is 18.2 Å². The molecule has 0 bridgehead atoms. The van der Waals surface area contributed by atoms with Crippen molar-refractivity contribution in [3.05, 3.63) is 30.3 Å². The van der Waals surface area contributed by atoms with Crippen molar-refractivity contribution in [2.24, 2.45) is 0 Å². The number of hydrogen-bond acceptors (Lipinski definition) is 4. The van der Waals surface area contributed by atoms with E-state index in [9.17, 15) is 13.2 Å². The third-order valence-electron chi connectivity index (χ3n) is 4.05. The van der Waals surface area contributed by atoms with Crippen LogP contribution in [0.3, 0.4) is 0 Å². The standard InChI is InChI=1S/C16H25N3O3S/c1-17-11-13-18(14-12-17)16(20)9-6-10-19(23(2,21)22)15-7-4-3-5-8-15/h3-5,7-8H,6,9-14H2,1-2H3. The second kappa shape index (κ2) is 7.79. The van der Waals surface area contributed by atoms with Crippen molar-refractivity contribution < 1.29 is 13.2 Å². The number of piperazine rings is 1. The van der Waals surface area contributed by atoms with Crippen LogP contribution in [0.15, 0.2) is 30.3 Å². The number of carbonyl (C=O) groups excluding carboxylic acids is 1. The molecular formula is C16H25N3O3S. The van der Waals surface area contributed by atoms with Crippen molar-refractivity contribution >= 4 is 21.6 Å². The molecule has 23 heavy (non-hydrogen) atoms. The van der Waals surface area contributed by atoms with Gasteiger partial charge in [0.25, 0.3) is 0 Å². The topological polar surface area (TPSA) is 60.9 Å². The van der Waals surface area contributed by atoms with Gasteiger partial charge in [-0.3, -0.25) is 9.10 Å². The largest absolute Gasteiger partial charge is 0.340 e. The minimum absolute atomic E-state index is 0.111. The van der Waals surface area contributed by atoms with E-state index in [2.05, 4.69) is 4.90 Å². The second-order valence-corrected chi connectivity index (χ2v) is 7.87. The van der Waals surface area contributed by atoms with E-state index in [0.29, 0.717) is 25.1 Å². The van der Waals surface area contributed by atoms with Gasteiger partial charge in [0.15, 0.2) is 0 Å². The highest BCUT2D eigenvalue weighted by atomic mass is 32.2. The number of hydrogen-bond donors (Lipinski definition) is 0. The first-order chi connectivity index (χ1) is 10.9. The van der Waals surface area contributed by atoms with Gasteiger partial charge in [-0.25, -0.2) is 8.42 Å². The molecule has 128 valence electrons. The number of rotatable bonds is 6. The highest BCUT2D eigenvalue weighted by molar-refractivity contribution is 7.92. The molecule has 0 unspecified atom stereocenters. The molecule has 1 saturated heterocycles. The van der Waals surface area contributed by atoms with Crippen LogP contribution in [0, 0.1) is 0 Å². The summed E-state index contributed by atoms with van der Waals surface area (Å²) in [6.45, 7) is 3.62. The van der Waals surface area contributed by atoms with Crippen LogP contribution in [-0.2, 0) is 14.8 Å². The fraction of sp³-hybridized carbons (Fsp3) is 0.562. The van der Waals surface area contributed by atoms with Crippen molar-refractivity contribution in [1.82, 2.24) is 9.80 Å². The number of carbonyl (C=O) groups is 1. The number of para-hydroxylation sites is 1. The van der Waals surface area contributed by atoms with Crippen molar-refractivity contribution in [3.63, 3.8) is 0 Å². The van der Waals surface area contributed by atoms with E-state index in [1.807, 2.05) is 30.1 Å². The molecule has 1 heterocycles. The fourth-order valence-corrected chi connectivity index (χ4v) is 3.63. The summed E-state index contributed by atoms with van der Waals surface area (Å²) in [5, 5.41) is 0. The maximum atomic E-state index is 12.2. The molecular weight excluding hydrogens is 314 g/mol. The monoisotopic (exact) mass is 339 g/mol. The smallest absolute Gasteiger partial charge is 0.232 e. The average Bonchev–Trinajstić information content (AvgIpc) is 2.51. The van der Waals surface area contributed by atoms with Crippen LogP contribution in [-0.4, -0.2) is 70.2 Å². The van der Waals surface area contributed by atoms with Crippen molar-refractivity contribution in [2.45, 2.75) is 12.8 Å². The molecule has 1 fully saturated rings. The highest BCUT2D eigenvalue weighted by Gasteiger charge is 2.20. The Labute approximate surface area is 138 Å². The Balaban J connectivity index is 1.89. The molecule has 1 aliphatic rings. The van der Waals surface area contributed by atoms with Gasteiger partial charge in [-0.2, -0.15) is 0 Å². The molecule has 6 nitrogen and oxygen atoms in total. The van der Waals surface area contributed by atoms with Gasteiger partial charge in [-0.15, -0.1) is 0 Å². The number of anilines is 1. The highest BCUT2D eigenvalue weighted by Crippen LogP contribution is 2.17. The van der Waals surface area contributed by atoms with Gasteiger partial charge in [0.05, 0.1) is 11.9 Å². The summed E-state index contributed by atoms with van der Waals surface area (Å²) < 4.78 is 25.3. The number of nitrogens with zero attached hydrogens (tertiary/aromatic N) is 3. The first-order valence-corrected chi connectivity index (χ1v) is 9.72. The fourth-order valence-electron chi connectivity index (χ4n) is 2.67. The van der Waals surface area contributed by atoms with Gasteiger partial charge in [0.1, 0.15) is 0 Å². The van der Waals surface area contributed by atoms with Gasteiger partial charge in [0.2, 0.25) is 15.9 Å². The van der Waals surface area contributed by atoms with Gasteiger partial charge in [-0.05, 0) is 25.6 Å². The van der Waals surface area contributed by atoms with Gasteiger partial charge >= 0.3 is 0 Å². The van der Waals surface area contributed by atoms with Crippen LogP contribution in [0.25, 0.3) is 0 Å². The maximum absolute atomic E-state index is 12.2. The molecule has 1 aromatic carbocycles. The number of sulfonamides is 1. The Morgan fingerprint density at radius 3 is 2.30 bits per heavy atom. The van der Waals surface area contributed by atoms with E-state index < -0.39 is 10.0 Å². The second-order valence-electron chi connectivity index (χ2n) is 5.96. The minimum atomic E-state index is -3.35. The minimum Gasteiger partial charge on any atom is -0.340 e. The number of likely N-dealkylation sites (N-methyl/N-ethyl adjacent to an activating group) is 1. The summed E-state index contributed by atoms with van der Waals surface area (Å²) in [7, 11) is -1.30. The SMILES string of the molecule is CN1CCN(C(=O)CCCN(c2ccccc2)S(C)(=O)=O)CC1. The van der Waals surface area contributed by atoms with Crippen LogP contribution < -0.4 is 4.31 Å². The normalized spacial score (nSPS) is 16.3. The lowest BCUT2D eigenvalue weighted by Gasteiger charge is -2.32. The van der Waals surface area contributed by atoms with Gasteiger partial charge in [0, 0.05) is 39.1 Å². The Hall–Kier alpha value is -1.60. The van der Waals surface area contributed by atoms with Crippen LogP contribution in [0.4, 0.5) is 5.69 Å². The van der Waals surface area contributed by atoms with E-state index in [-0.39, 0.29) is 5.91 Å². The van der Waals surface area contributed by atoms with Crippen LogP contribution in [0.2, 0.25) is 0 Å². The predicted octanol–water partition coefficient (Wildman–Crippen LogP) is 1.01. The molecule has 7 heteroatoms. The molecule has 1 aliphatic heterocycles. The summed E-state index contributed by atoms with van der Waals surface area (Å²) in [6, 6.07) is 9.00. The van der Waals surface area contributed by atoms with Crippen molar-refractivity contribution in [3.8, 4) is 0 Å². The molecule has 0 radical (unpaired) electrons. The molecule has 0 saturated carbocycles. The summed E-state index contributed by atoms with van der Waals surface area (Å²) >= 11 is 0. The van der Waals surface area contributed by atoms with E-state index in [1.54, 1.807) is 12.1 Å². The quantitative estimate of drug-likeness (QED) is 0.776. The Kier molecular flexibility index (Phi) is 6.01. The van der Waals surface area contributed by atoms with Crippen LogP contribution in [0.5, 0.6) is 0 Å². The lowest BCUT2D eigenvalue weighted by Crippen LogP contribution is -2.47. The number of amides is 1. The summed E-state index contributed by atoms with van der Waals surface area (Å²) in [4.78, 5) is 16.3. The Morgan fingerprint density at radius 1 is 1.13 bits per heavy atom. The van der Waals surface area contributed by atoms with Crippen molar-refractivity contribution in [2.75, 3.05) is 50.3 Å². The van der Waals surface area contributed by atoms with E-state index in [0.717, 1.165) is 26.2 Å². The summed E-state index contributed by atoms with van der Waals surface area (Å²) in [5.74, 6) is 0.111. The Bertz CT molecular complexity index is 611. The number of benzene rings is 1. The zero-order valence-corrected chi connectivity index (χ0v) is 14.6. The first-order valence-electron chi connectivity index (χ1n) is 7.87. The van der Waals surface area contributed by atoms with Crippen molar-refractivity contribution in [1.29, 1.82) is 0 Å². The summed E-state index contributed by atoms with van der Waals surface area (Å²) in [6.07, 6.45) is 2.10.